The molecule has 0 saturated carbocycles. The summed E-state index contributed by atoms with van der Waals surface area (Å²) in [4.78, 5) is 13.9. The van der Waals surface area contributed by atoms with Crippen LogP contribution in [0, 0.1) is 17.1 Å². The zero-order valence-electron chi connectivity index (χ0n) is 14.5. The van der Waals surface area contributed by atoms with Crippen LogP contribution in [0.2, 0.25) is 0 Å². The number of carboxylic acid groups (broad SMARTS) is 1. The van der Waals surface area contributed by atoms with E-state index >= 15 is 0 Å². The first-order chi connectivity index (χ1) is 12.0. The minimum Gasteiger partial charge on any atom is -0.478 e. The molecule has 1 atom stereocenters. The van der Waals surface area contributed by atoms with Gasteiger partial charge in [0.2, 0.25) is 0 Å². The molecule has 0 radical (unpaired) electrons. The van der Waals surface area contributed by atoms with Gasteiger partial charge in [0.1, 0.15) is 5.82 Å². The van der Waals surface area contributed by atoms with Gasteiger partial charge in [-0.25, -0.2) is 9.18 Å². The summed E-state index contributed by atoms with van der Waals surface area (Å²) >= 11 is 0. The number of carbonyl (C=O) groups is 1. The van der Waals surface area contributed by atoms with E-state index in [1.54, 1.807) is 6.92 Å². The number of ether oxygens (including phenoxy) is 1. The van der Waals surface area contributed by atoms with Gasteiger partial charge in [-0.15, -0.1) is 0 Å². The molecule has 6 heteroatoms. The van der Waals surface area contributed by atoms with Crippen LogP contribution in [0.25, 0.3) is 0 Å². The van der Waals surface area contributed by atoms with Crippen molar-refractivity contribution in [2.75, 3.05) is 20.3 Å². The Bertz CT molecular complexity index is 760. The van der Waals surface area contributed by atoms with E-state index in [9.17, 15) is 19.6 Å². The summed E-state index contributed by atoms with van der Waals surface area (Å²) < 4.78 is 18.5. The SMILES string of the molecule is CCCN1C(C)=C(C#N)C(c2ccc(F)cc2)C(C(=O)O)=C1COC. The topological polar surface area (TPSA) is 73.6 Å². The second-order valence-corrected chi connectivity index (χ2v) is 5.85. The quantitative estimate of drug-likeness (QED) is 0.856. The standard InChI is InChI=1S/C19H21FN2O3/c1-4-9-22-12(2)15(10-21)17(13-5-7-14(20)8-6-13)18(19(23)24)16(22)11-25-3/h5-8,17H,4,9,11H2,1-3H3,(H,23,24). The minimum atomic E-state index is -1.11. The Morgan fingerprint density at radius 2 is 2.04 bits per heavy atom. The van der Waals surface area contributed by atoms with Gasteiger partial charge in [-0.05, 0) is 31.0 Å². The summed E-state index contributed by atoms with van der Waals surface area (Å²) in [6.07, 6.45) is 0.789. The zero-order chi connectivity index (χ0) is 18.6. The average Bonchev–Trinajstić information content (AvgIpc) is 2.58. The largest absolute Gasteiger partial charge is 0.478 e. The molecular weight excluding hydrogens is 323 g/mol. The molecule has 1 N–H and O–H groups in total. The molecule has 1 unspecified atom stereocenters. The van der Waals surface area contributed by atoms with Crippen LogP contribution in [-0.4, -0.2) is 36.2 Å². The van der Waals surface area contributed by atoms with Crippen LogP contribution in [-0.2, 0) is 9.53 Å². The molecule has 1 aromatic carbocycles. The molecule has 0 spiro atoms. The molecular formula is C19H21FN2O3. The first-order valence-corrected chi connectivity index (χ1v) is 8.05. The first kappa shape index (κ1) is 18.7. The van der Waals surface area contributed by atoms with Crippen molar-refractivity contribution in [2.45, 2.75) is 26.2 Å². The molecule has 0 saturated heterocycles. The summed E-state index contributed by atoms with van der Waals surface area (Å²) in [5.74, 6) is -2.27. The van der Waals surface area contributed by atoms with Crippen LogP contribution in [0.4, 0.5) is 4.39 Å². The van der Waals surface area contributed by atoms with Gasteiger partial charge in [-0.2, -0.15) is 5.26 Å². The molecule has 132 valence electrons. The van der Waals surface area contributed by atoms with Crippen LogP contribution < -0.4 is 0 Å². The maximum atomic E-state index is 13.3. The summed E-state index contributed by atoms with van der Waals surface area (Å²) in [7, 11) is 1.50. The highest BCUT2D eigenvalue weighted by Gasteiger charge is 2.37. The summed E-state index contributed by atoms with van der Waals surface area (Å²) in [5, 5.41) is 19.6. The highest BCUT2D eigenvalue weighted by atomic mass is 19.1. The van der Waals surface area contributed by atoms with E-state index in [-0.39, 0.29) is 12.2 Å². The van der Waals surface area contributed by atoms with Crippen LogP contribution in [0.3, 0.4) is 0 Å². The van der Waals surface area contributed by atoms with Crippen molar-refractivity contribution >= 4 is 5.97 Å². The van der Waals surface area contributed by atoms with E-state index in [4.69, 9.17) is 4.74 Å². The van der Waals surface area contributed by atoms with Crippen molar-refractivity contribution in [2.24, 2.45) is 0 Å². The third-order valence-corrected chi connectivity index (χ3v) is 4.29. The highest BCUT2D eigenvalue weighted by Crippen LogP contribution is 2.41. The van der Waals surface area contributed by atoms with E-state index in [0.717, 1.165) is 6.42 Å². The molecule has 2 rings (SSSR count). The molecule has 0 bridgehead atoms. The number of aliphatic carboxylic acids is 1. The molecule has 1 aliphatic heterocycles. The fourth-order valence-corrected chi connectivity index (χ4v) is 3.21. The molecule has 25 heavy (non-hydrogen) atoms. The van der Waals surface area contributed by atoms with E-state index in [0.29, 0.717) is 29.1 Å². The Labute approximate surface area is 146 Å². The van der Waals surface area contributed by atoms with Gasteiger partial charge in [0.05, 0.1) is 35.4 Å². The van der Waals surface area contributed by atoms with Gasteiger partial charge in [0.15, 0.2) is 0 Å². The normalized spacial score (nSPS) is 17.7. The minimum absolute atomic E-state index is 0.101. The molecule has 1 aromatic rings. The predicted octanol–water partition coefficient (Wildman–Crippen LogP) is 3.42. The number of nitrogens with zero attached hydrogens (tertiary/aromatic N) is 2. The monoisotopic (exact) mass is 344 g/mol. The lowest BCUT2D eigenvalue weighted by molar-refractivity contribution is -0.133. The number of benzene rings is 1. The van der Waals surface area contributed by atoms with Crippen LogP contribution >= 0.6 is 0 Å². The van der Waals surface area contributed by atoms with Gasteiger partial charge >= 0.3 is 5.97 Å². The van der Waals surface area contributed by atoms with Crippen LogP contribution in [0.15, 0.2) is 46.8 Å². The number of hydrogen-bond acceptors (Lipinski definition) is 4. The second kappa shape index (κ2) is 7.95. The second-order valence-electron chi connectivity index (χ2n) is 5.85. The van der Waals surface area contributed by atoms with Crippen molar-refractivity contribution in [3.05, 3.63) is 58.2 Å². The molecule has 0 fully saturated rings. The molecule has 0 amide bonds. The molecule has 0 aliphatic carbocycles. The number of methoxy groups -OCH3 is 1. The van der Waals surface area contributed by atoms with Gasteiger partial charge in [0.25, 0.3) is 0 Å². The fourth-order valence-electron chi connectivity index (χ4n) is 3.21. The van der Waals surface area contributed by atoms with Gasteiger partial charge in [-0.3, -0.25) is 0 Å². The first-order valence-electron chi connectivity index (χ1n) is 8.05. The Hall–Kier alpha value is -2.65. The molecule has 1 heterocycles. The number of carboxylic acids is 1. The third kappa shape index (κ3) is 3.57. The molecule has 5 nitrogen and oxygen atoms in total. The summed E-state index contributed by atoms with van der Waals surface area (Å²) in [5.41, 5.74) is 2.26. The lowest BCUT2D eigenvalue weighted by Crippen LogP contribution is -2.35. The molecule has 0 aromatic heterocycles. The Balaban J connectivity index is 2.73. The van der Waals surface area contributed by atoms with E-state index in [1.807, 2.05) is 11.8 Å². The maximum Gasteiger partial charge on any atom is 0.334 e. The Kier molecular flexibility index (Phi) is 5.94. The number of halogens is 1. The maximum absolute atomic E-state index is 13.3. The number of hydrogen-bond donors (Lipinski definition) is 1. The molecule has 1 aliphatic rings. The number of rotatable bonds is 6. The van der Waals surface area contributed by atoms with Gasteiger partial charge in [0, 0.05) is 19.4 Å². The van der Waals surface area contributed by atoms with Crippen molar-refractivity contribution in [3.8, 4) is 6.07 Å². The van der Waals surface area contributed by atoms with Gasteiger partial charge in [-0.1, -0.05) is 19.1 Å². The number of allylic oxidation sites excluding steroid dienone is 2. The van der Waals surface area contributed by atoms with Crippen LogP contribution in [0.1, 0.15) is 31.7 Å². The third-order valence-electron chi connectivity index (χ3n) is 4.29. The Morgan fingerprint density at radius 3 is 2.52 bits per heavy atom. The average molecular weight is 344 g/mol. The predicted molar refractivity (Wildman–Crippen MR) is 91.0 cm³/mol. The van der Waals surface area contributed by atoms with E-state index in [1.165, 1.54) is 31.4 Å². The van der Waals surface area contributed by atoms with Crippen molar-refractivity contribution in [1.82, 2.24) is 4.90 Å². The number of nitriles is 1. The van der Waals surface area contributed by atoms with E-state index in [2.05, 4.69) is 6.07 Å². The zero-order valence-corrected chi connectivity index (χ0v) is 14.5. The summed E-state index contributed by atoms with van der Waals surface area (Å²) in [6, 6.07) is 7.74. The summed E-state index contributed by atoms with van der Waals surface area (Å²) in [6.45, 7) is 4.49. The van der Waals surface area contributed by atoms with Gasteiger partial charge < -0.3 is 14.7 Å². The van der Waals surface area contributed by atoms with Crippen molar-refractivity contribution < 1.29 is 19.0 Å². The lowest BCUT2D eigenvalue weighted by atomic mass is 9.80. The van der Waals surface area contributed by atoms with E-state index < -0.39 is 17.7 Å². The Morgan fingerprint density at radius 1 is 1.40 bits per heavy atom. The van der Waals surface area contributed by atoms with Crippen molar-refractivity contribution in [1.29, 1.82) is 5.26 Å². The highest BCUT2D eigenvalue weighted by molar-refractivity contribution is 5.91. The smallest absolute Gasteiger partial charge is 0.334 e. The van der Waals surface area contributed by atoms with Crippen LogP contribution in [0.5, 0.6) is 0 Å². The fraction of sp³-hybridized carbons (Fsp3) is 0.368. The lowest BCUT2D eigenvalue weighted by Gasteiger charge is -2.37. The van der Waals surface area contributed by atoms with Crippen molar-refractivity contribution in [3.63, 3.8) is 0 Å².